The van der Waals surface area contributed by atoms with Crippen LogP contribution in [0.25, 0.3) is 44.6 Å². The maximum atomic E-state index is 13.7. The molecule has 0 radical (unpaired) electrons. The number of benzene rings is 3. The molecular weight excluding hydrogens is 574 g/mol. The Labute approximate surface area is 261 Å². The van der Waals surface area contributed by atoms with Crippen molar-refractivity contribution in [1.29, 1.82) is 0 Å². The second-order valence-electron chi connectivity index (χ2n) is 12.7. The Morgan fingerprint density at radius 2 is 1.86 bits per heavy atom. The molecule has 5 aromatic rings. The van der Waals surface area contributed by atoms with E-state index in [2.05, 4.69) is 33.4 Å². The van der Waals surface area contributed by atoms with E-state index in [1.165, 1.54) is 12.8 Å². The van der Waals surface area contributed by atoms with Crippen LogP contribution in [0, 0.1) is 11.8 Å². The summed E-state index contributed by atoms with van der Waals surface area (Å²) in [5, 5.41) is 1.80. The summed E-state index contributed by atoms with van der Waals surface area (Å²) in [6, 6.07) is 18.5. The minimum absolute atomic E-state index is 0.00706. The molecule has 3 atom stereocenters. The van der Waals surface area contributed by atoms with Crippen molar-refractivity contribution < 1.29 is 14.3 Å². The predicted molar refractivity (Wildman–Crippen MR) is 173 cm³/mol. The first-order valence-corrected chi connectivity index (χ1v) is 15.8. The zero-order chi connectivity index (χ0) is 30.3. The fraction of sp³-hybridized carbons (Fsp3) is 0.371. The van der Waals surface area contributed by atoms with Crippen molar-refractivity contribution in [1.82, 2.24) is 19.0 Å². The number of carbonyl (C=O) groups excluding carboxylic acids is 1. The van der Waals surface area contributed by atoms with Crippen molar-refractivity contribution in [3.8, 4) is 34.1 Å². The van der Waals surface area contributed by atoms with Crippen molar-refractivity contribution in [3.05, 3.63) is 65.2 Å². The third-order valence-electron chi connectivity index (χ3n) is 10.1. The van der Waals surface area contributed by atoms with Crippen molar-refractivity contribution in [2.75, 3.05) is 20.8 Å². The number of aryl methyl sites for hydroxylation is 1. The summed E-state index contributed by atoms with van der Waals surface area (Å²) in [6.07, 6.45) is 4.54. The Kier molecular flexibility index (Phi) is 6.43. The normalized spacial score (nSPS) is 21.1. The van der Waals surface area contributed by atoms with Gasteiger partial charge >= 0.3 is 0 Å². The van der Waals surface area contributed by atoms with Crippen LogP contribution in [-0.4, -0.2) is 57.8 Å². The highest BCUT2D eigenvalue weighted by atomic mass is 35.5. The molecule has 2 N–H and O–H groups in total. The standard InChI is InChI=1S/C35H36ClN5O3/c1-39-33-27(12-23(15-31(33)44-3)35(42)41-18-22-8-11-28(41)32(22)37)38-34(39)30-14-21-7-6-20(13-29(21)40(30)17-19-4-5-19)25-10-9-24(43-2)16-26(25)36/h6-7,9-10,12-16,19,22,28,32H,4-5,8,11,17-18,37H2,1-3H3. The number of carbonyl (C=O) groups is 1. The van der Waals surface area contributed by atoms with Crippen LogP contribution in [-0.2, 0) is 13.6 Å². The largest absolute Gasteiger partial charge is 0.497 e. The number of likely N-dealkylation sites (tertiary alicyclic amines) is 1. The lowest BCUT2D eigenvalue weighted by atomic mass is 10.0. The van der Waals surface area contributed by atoms with E-state index in [9.17, 15) is 4.79 Å². The van der Waals surface area contributed by atoms with Crippen LogP contribution in [0.1, 0.15) is 36.0 Å². The number of hydrogen-bond acceptors (Lipinski definition) is 5. The molecule has 1 saturated heterocycles. The summed E-state index contributed by atoms with van der Waals surface area (Å²) in [5.74, 6) is 3.26. The molecule has 3 aliphatic rings. The number of methoxy groups -OCH3 is 2. The van der Waals surface area contributed by atoms with E-state index < -0.39 is 0 Å². The quantitative estimate of drug-likeness (QED) is 0.227. The van der Waals surface area contributed by atoms with Gasteiger partial charge in [-0.05, 0) is 85.5 Å². The summed E-state index contributed by atoms with van der Waals surface area (Å²) >= 11 is 6.68. The molecule has 8 rings (SSSR count). The molecule has 226 valence electrons. The van der Waals surface area contributed by atoms with E-state index >= 15 is 0 Å². The third-order valence-corrected chi connectivity index (χ3v) is 10.4. The first-order valence-electron chi connectivity index (χ1n) is 15.4. The summed E-state index contributed by atoms with van der Waals surface area (Å²) in [6.45, 7) is 1.64. The topological polar surface area (TPSA) is 87.5 Å². The van der Waals surface area contributed by atoms with Crippen LogP contribution in [0.2, 0.25) is 5.02 Å². The molecule has 2 saturated carbocycles. The van der Waals surface area contributed by atoms with Gasteiger partial charge in [-0.2, -0.15) is 0 Å². The van der Waals surface area contributed by atoms with Gasteiger partial charge in [-0.15, -0.1) is 0 Å². The first-order chi connectivity index (χ1) is 21.3. The third kappa shape index (κ3) is 4.30. The first kappa shape index (κ1) is 27.5. The molecule has 9 heteroatoms. The number of rotatable bonds is 7. The van der Waals surface area contributed by atoms with Crippen LogP contribution in [0.4, 0.5) is 0 Å². The van der Waals surface area contributed by atoms with Crippen LogP contribution in [0.5, 0.6) is 11.5 Å². The summed E-state index contributed by atoms with van der Waals surface area (Å²) in [7, 11) is 5.32. The Bertz CT molecular complexity index is 1960. The summed E-state index contributed by atoms with van der Waals surface area (Å²) < 4.78 is 15.7. The highest BCUT2D eigenvalue weighted by molar-refractivity contribution is 6.33. The van der Waals surface area contributed by atoms with E-state index in [0.29, 0.717) is 28.2 Å². The van der Waals surface area contributed by atoms with Gasteiger partial charge < -0.3 is 29.2 Å². The van der Waals surface area contributed by atoms with Crippen molar-refractivity contribution in [2.24, 2.45) is 24.6 Å². The molecule has 0 spiro atoms. The van der Waals surface area contributed by atoms with E-state index in [4.69, 9.17) is 31.8 Å². The lowest BCUT2D eigenvalue weighted by Gasteiger charge is -2.27. The van der Waals surface area contributed by atoms with E-state index in [1.807, 2.05) is 42.3 Å². The van der Waals surface area contributed by atoms with Gasteiger partial charge in [-0.1, -0.05) is 23.7 Å². The minimum atomic E-state index is 0.00706. The second-order valence-corrected chi connectivity index (χ2v) is 13.1. The zero-order valence-corrected chi connectivity index (χ0v) is 26.0. The fourth-order valence-corrected chi connectivity index (χ4v) is 7.77. The number of amides is 1. The van der Waals surface area contributed by atoms with E-state index in [0.717, 1.165) is 76.3 Å². The number of fused-ring (bicyclic) bond motifs is 4. The summed E-state index contributed by atoms with van der Waals surface area (Å²) in [4.78, 5) is 20.8. The van der Waals surface area contributed by atoms with Gasteiger partial charge in [0.25, 0.3) is 5.91 Å². The fourth-order valence-electron chi connectivity index (χ4n) is 7.49. The maximum absolute atomic E-state index is 13.7. The zero-order valence-electron chi connectivity index (χ0n) is 25.2. The molecule has 2 bridgehead atoms. The van der Waals surface area contributed by atoms with Gasteiger partial charge in [0.05, 0.1) is 30.5 Å². The van der Waals surface area contributed by atoms with Gasteiger partial charge in [0, 0.05) is 54.3 Å². The number of hydrogen-bond donors (Lipinski definition) is 1. The number of halogens is 1. The van der Waals surface area contributed by atoms with Crippen molar-refractivity contribution in [2.45, 2.75) is 44.3 Å². The number of piperidine rings is 1. The lowest BCUT2D eigenvalue weighted by molar-refractivity contribution is 0.0700. The number of nitrogens with zero attached hydrogens (tertiary/aromatic N) is 4. The average Bonchev–Trinajstić information content (AvgIpc) is 3.44. The molecule has 3 heterocycles. The maximum Gasteiger partial charge on any atom is 0.254 e. The number of nitrogens with two attached hydrogens (primary N) is 1. The van der Waals surface area contributed by atoms with E-state index in [-0.39, 0.29) is 18.0 Å². The minimum Gasteiger partial charge on any atom is -0.497 e. The molecule has 8 nitrogen and oxygen atoms in total. The molecular formula is C35H36ClN5O3. The molecule has 1 aliphatic heterocycles. The smallest absolute Gasteiger partial charge is 0.254 e. The van der Waals surface area contributed by atoms with Crippen LogP contribution >= 0.6 is 11.6 Å². The Morgan fingerprint density at radius 3 is 2.55 bits per heavy atom. The molecule has 3 aromatic carbocycles. The Morgan fingerprint density at radius 1 is 1.02 bits per heavy atom. The van der Waals surface area contributed by atoms with Gasteiger partial charge in [0.2, 0.25) is 0 Å². The molecule has 1 amide bonds. The van der Waals surface area contributed by atoms with Crippen LogP contribution in [0.15, 0.2) is 54.6 Å². The average molecular weight is 610 g/mol. The van der Waals surface area contributed by atoms with Crippen LogP contribution < -0.4 is 15.2 Å². The SMILES string of the molecule is COc1ccc(-c2ccc3cc(-c4nc5cc(C(=O)N6CC7CCC6C7N)cc(OC)c5n4C)n(CC4CC4)c3c2)c(Cl)c1. The number of aromatic nitrogens is 3. The molecule has 3 fully saturated rings. The second kappa shape index (κ2) is 10.3. The monoisotopic (exact) mass is 609 g/mol. The number of imidazole rings is 1. The van der Waals surface area contributed by atoms with Gasteiger partial charge in [-0.25, -0.2) is 4.98 Å². The van der Waals surface area contributed by atoms with Crippen LogP contribution in [0.3, 0.4) is 0 Å². The highest BCUT2D eigenvalue weighted by Crippen LogP contribution is 2.41. The van der Waals surface area contributed by atoms with Gasteiger partial charge in [0.15, 0.2) is 5.82 Å². The van der Waals surface area contributed by atoms with Gasteiger partial charge in [0.1, 0.15) is 17.0 Å². The Balaban J connectivity index is 1.24. The number of ether oxygens (including phenoxy) is 2. The molecule has 44 heavy (non-hydrogen) atoms. The van der Waals surface area contributed by atoms with Gasteiger partial charge in [-0.3, -0.25) is 4.79 Å². The lowest BCUT2D eigenvalue weighted by Crippen LogP contribution is -2.41. The summed E-state index contributed by atoms with van der Waals surface area (Å²) in [5.41, 5.74) is 12.8. The van der Waals surface area contributed by atoms with Crippen molar-refractivity contribution in [3.63, 3.8) is 0 Å². The molecule has 2 aliphatic carbocycles. The van der Waals surface area contributed by atoms with E-state index in [1.54, 1.807) is 14.2 Å². The van der Waals surface area contributed by atoms with Crippen molar-refractivity contribution >= 4 is 39.4 Å². The Hall–Kier alpha value is -4.01. The molecule has 2 aromatic heterocycles. The molecule has 3 unspecified atom stereocenters. The predicted octanol–water partition coefficient (Wildman–Crippen LogP) is 6.50. The highest BCUT2D eigenvalue weighted by Gasteiger charge is 2.47.